The fourth-order valence-corrected chi connectivity index (χ4v) is 2.21. The smallest absolute Gasteiger partial charge is 0.139 e. The molecule has 0 bridgehead atoms. The van der Waals surface area contributed by atoms with Gasteiger partial charge in [-0.2, -0.15) is 5.10 Å². The number of nitrogens with zero attached hydrogens (tertiary/aromatic N) is 3. The molecule has 4 heteroatoms. The number of aliphatic imine (C=N–C) groups is 1. The molecule has 2 unspecified atom stereocenters. The van der Waals surface area contributed by atoms with E-state index in [1.807, 2.05) is 11.2 Å². The molecule has 1 aliphatic heterocycles. The molecule has 0 saturated heterocycles. The number of rotatable bonds is 6. The van der Waals surface area contributed by atoms with Crippen molar-refractivity contribution < 1.29 is 0 Å². The van der Waals surface area contributed by atoms with Crippen LogP contribution in [-0.4, -0.2) is 30.1 Å². The third-order valence-corrected chi connectivity index (χ3v) is 3.45. The molecule has 0 N–H and O–H groups in total. The van der Waals surface area contributed by atoms with E-state index in [2.05, 4.69) is 73.3 Å². The summed E-state index contributed by atoms with van der Waals surface area (Å²) in [4.78, 5) is 4.71. The summed E-state index contributed by atoms with van der Waals surface area (Å²) < 4.78 is 0.925. The summed E-state index contributed by atoms with van der Waals surface area (Å²) in [6.07, 6.45) is 12.6. The van der Waals surface area contributed by atoms with E-state index in [4.69, 9.17) is 4.99 Å². The highest BCUT2D eigenvalue weighted by atomic mass is 127. The second kappa shape index (κ2) is 9.10. The second-order valence-corrected chi connectivity index (χ2v) is 6.16. The maximum absolute atomic E-state index is 4.71. The molecule has 20 heavy (non-hydrogen) atoms. The normalized spacial score (nSPS) is 23.1. The molecule has 3 nitrogen and oxygen atoms in total. The van der Waals surface area contributed by atoms with E-state index in [-0.39, 0.29) is 6.17 Å². The van der Waals surface area contributed by atoms with Gasteiger partial charge in [0, 0.05) is 28.7 Å². The fourth-order valence-electron chi connectivity index (χ4n) is 2.08. The lowest BCUT2D eigenvalue weighted by Gasteiger charge is -2.23. The van der Waals surface area contributed by atoms with Gasteiger partial charge in [-0.05, 0) is 42.9 Å². The van der Waals surface area contributed by atoms with Crippen molar-refractivity contribution in [2.24, 2.45) is 16.0 Å². The molecule has 2 atom stereocenters. The largest absolute Gasteiger partial charge is 0.273 e. The molecular weight excluding hydrogens is 361 g/mol. The summed E-state index contributed by atoms with van der Waals surface area (Å²) >= 11 is 2.16. The van der Waals surface area contributed by atoms with Gasteiger partial charge in [-0.15, -0.1) is 0 Å². The zero-order chi connectivity index (χ0) is 15.0. The zero-order valence-electron chi connectivity index (χ0n) is 12.6. The van der Waals surface area contributed by atoms with Gasteiger partial charge in [0.15, 0.2) is 0 Å². The monoisotopic (exact) mass is 385 g/mol. The van der Waals surface area contributed by atoms with Crippen LogP contribution in [0.15, 0.2) is 44.1 Å². The molecule has 1 aliphatic rings. The minimum atomic E-state index is 0.0858. The third-order valence-electron chi connectivity index (χ3n) is 3.18. The van der Waals surface area contributed by atoms with E-state index >= 15 is 0 Å². The van der Waals surface area contributed by atoms with Crippen molar-refractivity contribution in [1.82, 2.24) is 5.01 Å². The van der Waals surface area contributed by atoms with E-state index in [0.29, 0.717) is 5.92 Å². The number of hydrazone groups is 1. The highest BCUT2D eigenvalue weighted by Gasteiger charge is 2.15. The van der Waals surface area contributed by atoms with E-state index in [1.165, 1.54) is 5.57 Å². The van der Waals surface area contributed by atoms with E-state index < -0.39 is 0 Å². The molecule has 0 fully saturated rings. The van der Waals surface area contributed by atoms with Crippen molar-refractivity contribution in [3.8, 4) is 0 Å². The second-order valence-electron chi connectivity index (χ2n) is 4.77. The van der Waals surface area contributed by atoms with Crippen LogP contribution in [0.3, 0.4) is 0 Å². The van der Waals surface area contributed by atoms with Crippen LogP contribution in [0.25, 0.3) is 0 Å². The summed E-state index contributed by atoms with van der Waals surface area (Å²) in [5, 5.41) is 6.46. The predicted molar refractivity (Wildman–Crippen MR) is 97.6 cm³/mol. The molecule has 0 aromatic rings. The summed E-state index contributed by atoms with van der Waals surface area (Å²) in [5.74, 6) is 0.321. The van der Waals surface area contributed by atoms with E-state index in [0.717, 1.165) is 23.0 Å². The molecule has 0 amide bonds. The highest BCUT2D eigenvalue weighted by molar-refractivity contribution is 14.1. The topological polar surface area (TPSA) is 28.0 Å². The molecule has 0 saturated carbocycles. The molecule has 0 aromatic heterocycles. The Labute approximate surface area is 136 Å². The van der Waals surface area contributed by atoms with Crippen LogP contribution >= 0.6 is 22.6 Å². The average molecular weight is 385 g/mol. The molecule has 0 aromatic carbocycles. The molecule has 1 rings (SSSR count). The molecule has 0 aliphatic carbocycles. The summed E-state index contributed by atoms with van der Waals surface area (Å²) in [5.41, 5.74) is 1.36. The Kier molecular flexibility index (Phi) is 7.80. The van der Waals surface area contributed by atoms with Crippen LogP contribution < -0.4 is 0 Å². The molecule has 0 spiro atoms. The maximum atomic E-state index is 4.71. The highest BCUT2D eigenvalue weighted by Crippen LogP contribution is 2.18. The van der Waals surface area contributed by atoms with Crippen molar-refractivity contribution in [1.29, 1.82) is 0 Å². The quantitative estimate of drug-likeness (QED) is 0.285. The minimum absolute atomic E-state index is 0.0858. The molecular formula is C16H24IN3. The van der Waals surface area contributed by atoms with Crippen molar-refractivity contribution in [3.05, 3.63) is 34.0 Å². The number of hydrogen-bond acceptors (Lipinski definition) is 3. The van der Waals surface area contributed by atoms with Gasteiger partial charge in [-0.25, -0.2) is 0 Å². The zero-order valence-corrected chi connectivity index (χ0v) is 14.7. The summed E-state index contributed by atoms with van der Waals surface area (Å²) in [7, 11) is 0. The first-order chi connectivity index (χ1) is 9.58. The Balaban J connectivity index is 2.79. The van der Waals surface area contributed by atoms with Crippen molar-refractivity contribution in [2.75, 3.05) is 6.54 Å². The number of hydrogen-bond donors (Lipinski definition) is 0. The van der Waals surface area contributed by atoms with Gasteiger partial charge in [0.25, 0.3) is 0 Å². The van der Waals surface area contributed by atoms with Crippen LogP contribution in [0.5, 0.6) is 0 Å². The van der Waals surface area contributed by atoms with E-state index in [9.17, 15) is 0 Å². The van der Waals surface area contributed by atoms with Gasteiger partial charge < -0.3 is 0 Å². The van der Waals surface area contributed by atoms with Crippen LogP contribution in [-0.2, 0) is 0 Å². The van der Waals surface area contributed by atoms with E-state index in [1.54, 1.807) is 6.21 Å². The van der Waals surface area contributed by atoms with Gasteiger partial charge in [0.1, 0.15) is 6.17 Å². The molecule has 0 radical (unpaired) electrons. The van der Waals surface area contributed by atoms with Gasteiger partial charge in [0.05, 0.1) is 6.21 Å². The Morgan fingerprint density at radius 3 is 2.90 bits per heavy atom. The third kappa shape index (κ3) is 5.61. The van der Waals surface area contributed by atoms with Crippen LogP contribution in [0, 0.1) is 5.92 Å². The van der Waals surface area contributed by atoms with Crippen molar-refractivity contribution in [2.45, 2.75) is 39.8 Å². The lowest BCUT2D eigenvalue weighted by molar-refractivity contribution is 0.225. The Hall–Kier alpha value is -0.910. The summed E-state index contributed by atoms with van der Waals surface area (Å²) in [6.45, 7) is 11.1. The lowest BCUT2D eigenvalue weighted by atomic mass is 10.0. The van der Waals surface area contributed by atoms with Crippen molar-refractivity contribution in [3.63, 3.8) is 0 Å². The van der Waals surface area contributed by atoms with Gasteiger partial charge in [-0.1, -0.05) is 37.3 Å². The lowest BCUT2D eigenvalue weighted by Crippen LogP contribution is -2.28. The SMILES string of the molecule is C=C(I)/C=N\N(CC)C1CC=CC(/C(C)=C/CC)C=N1. The maximum Gasteiger partial charge on any atom is 0.139 e. The fraction of sp³-hybridized carbons (Fsp3) is 0.500. The molecule has 110 valence electrons. The van der Waals surface area contributed by atoms with Crippen molar-refractivity contribution >= 4 is 35.0 Å². The van der Waals surface area contributed by atoms with Crippen LogP contribution in [0.2, 0.25) is 0 Å². The minimum Gasteiger partial charge on any atom is -0.273 e. The van der Waals surface area contributed by atoms with Crippen LogP contribution in [0.4, 0.5) is 0 Å². The Morgan fingerprint density at radius 1 is 1.55 bits per heavy atom. The van der Waals surface area contributed by atoms with Crippen LogP contribution in [0.1, 0.15) is 33.6 Å². The first-order valence-electron chi connectivity index (χ1n) is 7.10. The van der Waals surface area contributed by atoms with Gasteiger partial charge in [-0.3, -0.25) is 10.0 Å². The van der Waals surface area contributed by atoms with Gasteiger partial charge in [0.2, 0.25) is 0 Å². The standard InChI is InChI=1S/C16H24IN3/c1-5-8-13(3)15-9-7-10-16(18-12-15)20(6-2)19-11-14(4)17/h7-9,11-12,15-16H,4-6,10H2,1-3H3/b13-8+,19-11-. The Morgan fingerprint density at radius 2 is 2.30 bits per heavy atom. The average Bonchev–Trinajstić information content (AvgIpc) is 2.65. The first-order valence-corrected chi connectivity index (χ1v) is 8.18. The number of halogens is 1. The Bertz CT molecular complexity index is 435. The summed E-state index contributed by atoms with van der Waals surface area (Å²) in [6, 6.07) is 0. The first kappa shape index (κ1) is 17.1. The molecule has 1 heterocycles. The van der Waals surface area contributed by atoms with Gasteiger partial charge >= 0.3 is 0 Å². The number of allylic oxidation sites excluding steroid dienone is 4. The predicted octanol–water partition coefficient (Wildman–Crippen LogP) is 4.57.